The zero-order valence-corrected chi connectivity index (χ0v) is 14.1. The van der Waals surface area contributed by atoms with Crippen LogP contribution in [0, 0.1) is 0 Å². The van der Waals surface area contributed by atoms with E-state index in [1.54, 1.807) is 0 Å². The van der Waals surface area contributed by atoms with Crippen LogP contribution in [0.5, 0.6) is 5.75 Å². The standard InChI is InChI=1S/C16H21F2N3O2.ClH/c17-16(18)23-14-3-1-12(2-4-14)15(22)21-9-7-20(8-10-21)13-5-6-19-11-13;/h1-4,13,16,19H,5-11H2;1H. The Hall–Kier alpha value is -1.44. The fourth-order valence-electron chi connectivity index (χ4n) is 3.20. The highest BCUT2D eigenvalue weighted by atomic mass is 35.5. The summed E-state index contributed by atoms with van der Waals surface area (Å²) in [5.74, 6) is 0.00731. The molecule has 5 nitrogen and oxygen atoms in total. The number of carbonyl (C=O) groups is 1. The van der Waals surface area contributed by atoms with Crippen molar-refractivity contribution in [1.29, 1.82) is 0 Å². The molecule has 1 aromatic rings. The molecule has 8 heteroatoms. The highest BCUT2D eigenvalue weighted by Crippen LogP contribution is 2.18. The first kappa shape index (κ1) is 18.9. The lowest BCUT2D eigenvalue weighted by Gasteiger charge is -2.37. The molecule has 1 unspecified atom stereocenters. The molecule has 2 heterocycles. The molecule has 1 aromatic carbocycles. The van der Waals surface area contributed by atoms with Gasteiger partial charge in [0.15, 0.2) is 0 Å². The minimum atomic E-state index is -2.85. The van der Waals surface area contributed by atoms with E-state index in [0.29, 0.717) is 24.7 Å². The number of hydrogen-bond donors (Lipinski definition) is 1. The van der Waals surface area contributed by atoms with Gasteiger partial charge >= 0.3 is 6.61 Å². The number of amides is 1. The van der Waals surface area contributed by atoms with Gasteiger partial charge in [-0.25, -0.2) is 0 Å². The van der Waals surface area contributed by atoms with Crippen molar-refractivity contribution < 1.29 is 18.3 Å². The number of halogens is 3. The first-order valence-electron chi connectivity index (χ1n) is 7.92. The minimum Gasteiger partial charge on any atom is -0.435 e. The topological polar surface area (TPSA) is 44.8 Å². The van der Waals surface area contributed by atoms with Gasteiger partial charge in [-0.2, -0.15) is 8.78 Å². The summed E-state index contributed by atoms with van der Waals surface area (Å²) in [7, 11) is 0. The molecule has 3 rings (SSSR count). The first-order valence-corrected chi connectivity index (χ1v) is 7.92. The first-order chi connectivity index (χ1) is 11.1. The molecule has 0 radical (unpaired) electrons. The largest absolute Gasteiger partial charge is 0.435 e. The molecule has 0 saturated carbocycles. The smallest absolute Gasteiger partial charge is 0.387 e. The van der Waals surface area contributed by atoms with Gasteiger partial charge in [-0.15, -0.1) is 12.4 Å². The van der Waals surface area contributed by atoms with Crippen molar-refractivity contribution >= 4 is 18.3 Å². The monoisotopic (exact) mass is 361 g/mol. The number of nitrogens with zero attached hydrogens (tertiary/aromatic N) is 2. The number of benzene rings is 1. The van der Waals surface area contributed by atoms with Crippen LogP contribution in [0.4, 0.5) is 8.78 Å². The third-order valence-corrected chi connectivity index (χ3v) is 4.48. The lowest BCUT2D eigenvalue weighted by molar-refractivity contribution is -0.0498. The van der Waals surface area contributed by atoms with Crippen molar-refractivity contribution in [3.8, 4) is 5.75 Å². The van der Waals surface area contributed by atoms with E-state index < -0.39 is 6.61 Å². The zero-order chi connectivity index (χ0) is 16.2. The average Bonchev–Trinajstić information content (AvgIpc) is 3.09. The van der Waals surface area contributed by atoms with E-state index >= 15 is 0 Å². The van der Waals surface area contributed by atoms with Gasteiger partial charge in [-0.3, -0.25) is 9.69 Å². The second kappa shape index (κ2) is 8.60. The Morgan fingerprint density at radius 3 is 2.38 bits per heavy atom. The number of piperazine rings is 1. The van der Waals surface area contributed by atoms with Gasteiger partial charge in [0, 0.05) is 44.3 Å². The predicted octanol–water partition coefficient (Wildman–Crippen LogP) is 1.83. The number of carbonyl (C=O) groups excluding carboxylic acids is 1. The molecule has 134 valence electrons. The third kappa shape index (κ3) is 4.55. The average molecular weight is 362 g/mol. The van der Waals surface area contributed by atoms with Crippen LogP contribution in [-0.2, 0) is 0 Å². The number of nitrogens with one attached hydrogen (secondary N) is 1. The van der Waals surface area contributed by atoms with E-state index in [0.717, 1.165) is 26.2 Å². The van der Waals surface area contributed by atoms with Gasteiger partial charge in [0.25, 0.3) is 5.91 Å². The van der Waals surface area contributed by atoms with E-state index in [1.807, 2.05) is 4.90 Å². The molecule has 2 saturated heterocycles. The van der Waals surface area contributed by atoms with Gasteiger partial charge < -0.3 is 15.0 Å². The van der Waals surface area contributed by atoms with Crippen LogP contribution < -0.4 is 10.1 Å². The minimum absolute atomic E-state index is 0. The molecule has 2 aliphatic heterocycles. The van der Waals surface area contributed by atoms with Gasteiger partial charge in [-0.05, 0) is 37.2 Å². The van der Waals surface area contributed by atoms with Crippen molar-refractivity contribution in [2.45, 2.75) is 19.1 Å². The predicted molar refractivity (Wildman–Crippen MR) is 89.1 cm³/mol. The van der Waals surface area contributed by atoms with Crippen LogP contribution >= 0.6 is 12.4 Å². The quantitative estimate of drug-likeness (QED) is 0.888. The summed E-state index contributed by atoms with van der Waals surface area (Å²) in [6, 6.07) is 6.46. The molecule has 1 atom stereocenters. The lowest BCUT2D eigenvalue weighted by atomic mass is 10.1. The van der Waals surface area contributed by atoms with Crippen molar-refractivity contribution in [2.75, 3.05) is 39.3 Å². The van der Waals surface area contributed by atoms with Crippen LogP contribution in [0.1, 0.15) is 16.8 Å². The molecule has 0 spiro atoms. The highest BCUT2D eigenvalue weighted by Gasteiger charge is 2.28. The molecule has 2 aliphatic rings. The fraction of sp³-hybridized carbons (Fsp3) is 0.562. The Balaban J connectivity index is 0.00000208. The van der Waals surface area contributed by atoms with Crippen LogP contribution in [0.25, 0.3) is 0 Å². The molecular weight excluding hydrogens is 340 g/mol. The summed E-state index contributed by atoms with van der Waals surface area (Å²) in [5.41, 5.74) is 0.502. The van der Waals surface area contributed by atoms with Gasteiger partial charge in [0.2, 0.25) is 0 Å². The molecule has 1 N–H and O–H groups in total. The van der Waals surface area contributed by atoms with Crippen molar-refractivity contribution in [3.63, 3.8) is 0 Å². The Kier molecular flexibility index (Phi) is 6.77. The fourth-order valence-corrected chi connectivity index (χ4v) is 3.20. The molecule has 0 bridgehead atoms. The second-order valence-electron chi connectivity index (χ2n) is 5.88. The zero-order valence-electron chi connectivity index (χ0n) is 13.3. The molecular formula is C16H22ClF2N3O2. The molecule has 1 amide bonds. The SMILES string of the molecule is Cl.O=C(c1ccc(OC(F)F)cc1)N1CCN(C2CCNC2)CC1. The Morgan fingerprint density at radius 2 is 1.83 bits per heavy atom. The van der Waals surface area contributed by atoms with Crippen molar-refractivity contribution in [1.82, 2.24) is 15.1 Å². The second-order valence-corrected chi connectivity index (χ2v) is 5.88. The number of ether oxygens (including phenoxy) is 1. The number of hydrogen-bond acceptors (Lipinski definition) is 4. The summed E-state index contributed by atoms with van der Waals surface area (Å²) in [5, 5.41) is 3.36. The van der Waals surface area contributed by atoms with Crippen molar-refractivity contribution in [3.05, 3.63) is 29.8 Å². The maximum absolute atomic E-state index is 12.5. The Morgan fingerprint density at radius 1 is 1.17 bits per heavy atom. The van der Waals surface area contributed by atoms with Gasteiger partial charge in [-0.1, -0.05) is 0 Å². The lowest BCUT2D eigenvalue weighted by Crippen LogP contribution is -2.52. The maximum atomic E-state index is 12.5. The van der Waals surface area contributed by atoms with E-state index in [9.17, 15) is 13.6 Å². The summed E-state index contributed by atoms with van der Waals surface area (Å²) in [6.07, 6.45) is 1.17. The molecule has 0 aromatic heterocycles. The van der Waals surface area contributed by atoms with Crippen LogP contribution in [0.3, 0.4) is 0 Å². The molecule has 2 fully saturated rings. The normalized spacial score (nSPS) is 21.6. The number of rotatable bonds is 4. The van der Waals surface area contributed by atoms with Crippen LogP contribution in [0.2, 0.25) is 0 Å². The van der Waals surface area contributed by atoms with E-state index in [1.165, 1.54) is 30.7 Å². The van der Waals surface area contributed by atoms with Gasteiger partial charge in [0.05, 0.1) is 0 Å². The Bertz CT molecular complexity index is 531. The summed E-state index contributed by atoms with van der Waals surface area (Å²) in [6.45, 7) is 2.40. The summed E-state index contributed by atoms with van der Waals surface area (Å²) in [4.78, 5) is 16.7. The summed E-state index contributed by atoms with van der Waals surface area (Å²) < 4.78 is 28.6. The van der Waals surface area contributed by atoms with E-state index in [2.05, 4.69) is 15.0 Å². The third-order valence-electron chi connectivity index (χ3n) is 4.48. The van der Waals surface area contributed by atoms with E-state index in [4.69, 9.17) is 0 Å². The van der Waals surface area contributed by atoms with Crippen LogP contribution in [0.15, 0.2) is 24.3 Å². The molecule has 0 aliphatic carbocycles. The maximum Gasteiger partial charge on any atom is 0.387 e. The van der Waals surface area contributed by atoms with Crippen LogP contribution in [-0.4, -0.2) is 67.6 Å². The van der Waals surface area contributed by atoms with Gasteiger partial charge in [0.1, 0.15) is 5.75 Å². The highest BCUT2D eigenvalue weighted by molar-refractivity contribution is 5.94. The summed E-state index contributed by atoms with van der Waals surface area (Å²) >= 11 is 0. The Labute approximate surface area is 146 Å². The van der Waals surface area contributed by atoms with Crippen molar-refractivity contribution in [2.24, 2.45) is 0 Å². The molecule has 24 heavy (non-hydrogen) atoms. The number of alkyl halides is 2. The van der Waals surface area contributed by atoms with E-state index in [-0.39, 0.29) is 24.1 Å².